The number of allylic oxidation sites excluding steroid dienone is 1. The summed E-state index contributed by atoms with van der Waals surface area (Å²) in [5, 5.41) is 26.5. The van der Waals surface area contributed by atoms with Gasteiger partial charge in [-0.3, -0.25) is 4.57 Å². The highest BCUT2D eigenvalue weighted by Crippen LogP contribution is 2.62. The maximum absolute atomic E-state index is 15.4. The van der Waals surface area contributed by atoms with Crippen LogP contribution in [0, 0.1) is 16.7 Å². The van der Waals surface area contributed by atoms with Gasteiger partial charge in [0.2, 0.25) is 0 Å². The van der Waals surface area contributed by atoms with Crippen molar-refractivity contribution in [2.45, 2.75) is 45.7 Å². The molecule has 0 aliphatic heterocycles. The number of benzene rings is 1. The fourth-order valence-corrected chi connectivity index (χ4v) is 5.51. The molecule has 1 N–H and O–H groups in total. The molecule has 3 aromatic rings. The van der Waals surface area contributed by atoms with E-state index in [0.29, 0.717) is 22.7 Å². The Balaban J connectivity index is 1.39. The highest BCUT2D eigenvalue weighted by atomic mass is 19.1. The molecule has 2 saturated carbocycles. The van der Waals surface area contributed by atoms with Crippen molar-refractivity contribution in [1.29, 1.82) is 0 Å². The number of fused-ring (bicyclic) bond motifs is 2. The molecular formula is C23H25FN6O. The van der Waals surface area contributed by atoms with Crippen LogP contribution in [-0.4, -0.2) is 41.2 Å². The van der Waals surface area contributed by atoms with Gasteiger partial charge in [0.15, 0.2) is 5.82 Å². The lowest BCUT2D eigenvalue weighted by molar-refractivity contribution is 0.0287. The lowest BCUT2D eigenvalue weighted by Gasteiger charge is -2.43. The van der Waals surface area contributed by atoms with Gasteiger partial charge < -0.3 is 5.11 Å². The van der Waals surface area contributed by atoms with Crippen molar-refractivity contribution in [3.8, 4) is 22.7 Å². The molecule has 31 heavy (non-hydrogen) atoms. The van der Waals surface area contributed by atoms with Crippen molar-refractivity contribution in [2.24, 2.45) is 16.7 Å². The maximum atomic E-state index is 15.4. The molecule has 0 radical (unpaired) electrons. The molecule has 0 saturated heterocycles. The second-order valence-corrected chi connectivity index (χ2v) is 9.62. The molecule has 2 aromatic heterocycles. The molecule has 2 bridgehead atoms. The Morgan fingerprint density at radius 1 is 1.19 bits per heavy atom. The minimum Gasteiger partial charge on any atom is -0.507 e. The number of halogens is 1. The van der Waals surface area contributed by atoms with Crippen LogP contribution in [0.4, 0.5) is 4.39 Å². The number of aromatic nitrogens is 6. The zero-order chi connectivity index (χ0) is 21.8. The lowest BCUT2D eigenvalue weighted by atomic mass is 9.63. The molecule has 0 unspecified atom stereocenters. The molecular weight excluding hydrogens is 395 g/mol. The summed E-state index contributed by atoms with van der Waals surface area (Å²) in [4.78, 5) is 4.42. The second kappa shape index (κ2) is 6.93. The Morgan fingerprint density at radius 2 is 1.97 bits per heavy atom. The zero-order valence-corrected chi connectivity index (χ0v) is 17.7. The lowest BCUT2D eigenvalue weighted by Crippen LogP contribution is -2.41. The Morgan fingerprint density at radius 3 is 2.65 bits per heavy atom. The zero-order valence-electron chi connectivity index (χ0n) is 17.7. The summed E-state index contributed by atoms with van der Waals surface area (Å²) in [6.07, 6.45) is 7.35. The van der Waals surface area contributed by atoms with Crippen molar-refractivity contribution in [1.82, 2.24) is 29.9 Å². The minimum absolute atomic E-state index is 0.0439. The van der Waals surface area contributed by atoms with Gasteiger partial charge in [-0.2, -0.15) is 0 Å². The van der Waals surface area contributed by atoms with Crippen LogP contribution in [0.5, 0.6) is 5.75 Å². The average Bonchev–Trinajstić information content (AvgIpc) is 3.38. The van der Waals surface area contributed by atoms with E-state index in [0.717, 1.165) is 31.4 Å². The number of phenols is 1. The Labute approximate surface area is 180 Å². The number of rotatable bonds is 4. The first kappa shape index (κ1) is 19.8. The predicted octanol–water partition coefficient (Wildman–Crippen LogP) is 4.39. The highest BCUT2D eigenvalue weighted by Gasteiger charge is 2.56. The number of aromatic hydroxyl groups is 1. The van der Waals surface area contributed by atoms with Gasteiger partial charge in [0.05, 0.1) is 11.9 Å². The molecule has 160 valence electrons. The van der Waals surface area contributed by atoms with Gasteiger partial charge in [0, 0.05) is 17.5 Å². The number of nitrogens with zero attached hydrogens (tertiary/aromatic N) is 6. The summed E-state index contributed by atoms with van der Waals surface area (Å²) in [5.74, 6) is 0.114. The Kier molecular flexibility index (Phi) is 4.42. The first-order valence-corrected chi connectivity index (χ1v) is 10.5. The quantitative estimate of drug-likeness (QED) is 0.673. The van der Waals surface area contributed by atoms with Gasteiger partial charge >= 0.3 is 0 Å². The molecule has 8 heteroatoms. The number of phenolic OH excluding ortho intramolecular Hbond substituents is 1. The first-order valence-electron chi connectivity index (χ1n) is 10.5. The van der Waals surface area contributed by atoms with Crippen LogP contribution in [-0.2, 0) is 0 Å². The summed E-state index contributed by atoms with van der Waals surface area (Å²) >= 11 is 0. The van der Waals surface area contributed by atoms with Crippen LogP contribution >= 0.6 is 0 Å². The third kappa shape index (κ3) is 3.30. The number of alkyl halides is 1. The fraction of sp³-hybridized carbons (Fsp3) is 0.435. The molecule has 2 fully saturated rings. The van der Waals surface area contributed by atoms with E-state index in [1.54, 1.807) is 35.6 Å². The SMILES string of the molecule is C=C(c1ncc(-c2ccc(-n3cnnc3)cc2O)nn1)[C@H]1C[C@]2(C)CC[C@@](C)(C2)[C@H]1F. The fourth-order valence-electron chi connectivity index (χ4n) is 5.51. The van der Waals surface area contributed by atoms with E-state index in [-0.39, 0.29) is 22.5 Å². The topological polar surface area (TPSA) is 89.6 Å². The average molecular weight is 420 g/mol. The molecule has 5 rings (SSSR count). The van der Waals surface area contributed by atoms with Crippen molar-refractivity contribution in [2.75, 3.05) is 0 Å². The highest BCUT2D eigenvalue weighted by molar-refractivity contribution is 5.68. The van der Waals surface area contributed by atoms with E-state index in [2.05, 4.69) is 45.8 Å². The van der Waals surface area contributed by atoms with E-state index >= 15 is 4.39 Å². The van der Waals surface area contributed by atoms with Gasteiger partial charge in [-0.15, -0.1) is 20.4 Å². The summed E-state index contributed by atoms with van der Waals surface area (Å²) < 4.78 is 17.1. The van der Waals surface area contributed by atoms with E-state index < -0.39 is 6.17 Å². The monoisotopic (exact) mass is 420 g/mol. The van der Waals surface area contributed by atoms with Crippen molar-refractivity contribution >= 4 is 5.57 Å². The maximum Gasteiger partial charge on any atom is 0.177 e. The second-order valence-electron chi connectivity index (χ2n) is 9.62. The van der Waals surface area contributed by atoms with Crippen LogP contribution in [0.1, 0.15) is 45.4 Å². The van der Waals surface area contributed by atoms with E-state index in [1.807, 2.05) is 6.07 Å². The van der Waals surface area contributed by atoms with Crippen LogP contribution in [0.2, 0.25) is 0 Å². The standard InChI is InChI=1S/C23H25FN6O/c1-14(17-9-22(2)6-7-23(3,11-22)20(17)24)21-25-10-18(28-29-21)16-5-4-15(8-19(16)31)30-12-26-27-13-30/h4-5,8,10,12-13,17,20,31H,1,6-7,9,11H2,2-3H3/t17-,20+,22+,23+/m1/s1. The van der Waals surface area contributed by atoms with Crippen LogP contribution in [0.25, 0.3) is 22.5 Å². The first-order chi connectivity index (χ1) is 14.8. The van der Waals surface area contributed by atoms with Gasteiger partial charge in [-0.25, -0.2) is 9.37 Å². The third-order valence-electron chi connectivity index (χ3n) is 7.13. The largest absolute Gasteiger partial charge is 0.507 e. The molecule has 0 spiro atoms. The predicted molar refractivity (Wildman–Crippen MR) is 114 cm³/mol. The van der Waals surface area contributed by atoms with Crippen LogP contribution < -0.4 is 0 Å². The number of hydrogen-bond donors (Lipinski definition) is 1. The summed E-state index contributed by atoms with van der Waals surface area (Å²) in [5.41, 5.74) is 2.12. The van der Waals surface area contributed by atoms with Crippen molar-refractivity contribution in [3.05, 3.63) is 49.5 Å². The van der Waals surface area contributed by atoms with E-state index in [4.69, 9.17) is 0 Å². The number of hydrogen-bond acceptors (Lipinski definition) is 6. The molecule has 0 amide bonds. The van der Waals surface area contributed by atoms with Gasteiger partial charge in [0.25, 0.3) is 0 Å². The Hall–Kier alpha value is -3.16. The summed E-state index contributed by atoms with van der Waals surface area (Å²) in [6.45, 7) is 8.45. The molecule has 2 aliphatic rings. The van der Waals surface area contributed by atoms with Crippen molar-refractivity contribution in [3.63, 3.8) is 0 Å². The molecule has 2 aliphatic carbocycles. The molecule has 2 heterocycles. The van der Waals surface area contributed by atoms with Gasteiger partial charge in [-0.05, 0) is 54.2 Å². The van der Waals surface area contributed by atoms with Crippen LogP contribution in [0.3, 0.4) is 0 Å². The molecule has 7 nitrogen and oxygen atoms in total. The van der Waals surface area contributed by atoms with E-state index in [9.17, 15) is 5.11 Å². The Bertz CT molecular complexity index is 1130. The smallest absolute Gasteiger partial charge is 0.177 e. The van der Waals surface area contributed by atoms with Crippen molar-refractivity contribution < 1.29 is 9.50 Å². The van der Waals surface area contributed by atoms with E-state index in [1.165, 1.54) is 0 Å². The summed E-state index contributed by atoms with van der Waals surface area (Å²) in [7, 11) is 0. The normalized spacial score (nSPS) is 29.8. The molecule has 4 atom stereocenters. The third-order valence-corrected chi connectivity index (χ3v) is 7.13. The minimum atomic E-state index is -0.951. The van der Waals surface area contributed by atoms with Crippen LogP contribution in [0.15, 0.2) is 43.6 Å². The molecule has 1 aromatic carbocycles. The van der Waals surface area contributed by atoms with Gasteiger partial charge in [0.1, 0.15) is 30.3 Å². The summed E-state index contributed by atoms with van der Waals surface area (Å²) in [6, 6.07) is 5.16. The van der Waals surface area contributed by atoms with Gasteiger partial charge in [-0.1, -0.05) is 20.4 Å².